The molecule has 0 N–H and O–H groups in total. The summed E-state index contributed by atoms with van der Waals surface area (Å²) in [6.07, 6.45) is 14.2. The zero-order valence-electron chi connectivity index (χ0n) is 12.5. The van der Waals surface area contributed by atoms with Gasteiger partial charge in [-0.25, -0.2) is 0 Å². The molecule has 0 amide bonds. The van der Waals surface area contributed by atoms with Crippen molar-refractivity contribution in [2.75, 3.05) is 7.11 Å². The molecule has 0 heterocycles. The number of rotatable bonds is 3. The fourth-order valence-corrected chi connectivity index (χ4v) is 4.04. The minimum atomic E-state index is -0.186. The highest BCUT2D eigenvalue weighted by Gasteiger charge is 2.50. The smallest absolute Gasteiger partial charge is 0.312 e. The zero-order valence-corrected chi connectivity index (χ0v) is 12.5. The summed E-state index contributed by atoms with van der Waals surface area (Å²) in [6, 6.07) is 0. The van der Waals surface area contributed by atoms with Crippen LogP contribution in [-0.2, 0) is 9.53 Å². The van der Waals surface area contributed by atoms with Crippen LogP contribution in [-0.4, -0.2) is 13.1 Å². The largest absolute Gasteiger partial charge is 0.469 e. The number of unbranched alkanes of at least 4 members (excludes halogenated alkanes) is 1. The highest BCUT2D eigenvalue weighted by Crippen LogP contribution is 2.53. The lowest BCUT2D eigenvalue weighted by Crippen LogP contribution is -2.36. The van der Waals surface area contributed by atoms with Gasteiger partial charge in [-0.1, -0.05) is 50.7 Å². The molecule has 2 atom stereocenters. The van der Waals surface area contributed by atoms with Crippen LogP contribution in [0.15, 0.2) is 11.6 Å². The Balaban J connectivity index is 2.21. The summed E-state index contributed by atoms with van der Waals surface area (Å²) in [5, 5.41) is 0. The van der Waals surface area contributed by atoms with Crippen molar-refractivity contribution in [3.63, 3.8) is 0 Å². The van der Waals surface area contributed by atoms with Gasteiger partial charge < -0.3 is 4.74 Å². The maximum absolute atomic E-state index is 12.4. The lowest BCUT2D eigenvalue weighted by Gasteiger charge is -2.34. The monoisotopic (exact) mass is 264 g/mol. The van der Waals surface area contributed by atoms with Crippen molar-refractivity contribution in [1.82, 2.24) is 0 Å². The van der Waals surface area contributed by atoms with Gasteiger partial charge in [0.15, 0.2) is 0 Å². The van der Waals surface area contributed by atoms with E-state index in [1.54, 1.807) is 7.11 Å². The summed E-state index contributed by atoms with van der Waals surface area (Å²) in [5.41, 5.74) is 1.33. The molecule has 0 unspecified atom stereocenters. The third-order valence-electron chi connectivity index (χ3n) is 5.07. The molecule has 0 spiro atoms. The highest BCUT2D eigenvalue weighted by atomic mass is 16.5. The summed E-state index contributed by atoms with van der Waals surface area (Å²) in [7, 11) is 1.56. The molecule has 0 bridgehead atoms. The minimum Gasteiger partial charge on any atom is -0.469 e. The van der Waals surface area contributed by atoms with E-state index in [0.29, 0.717) is 5.92 Å². The second-order valence-electron chi connectivity index (χ2n) is 6.33. The molecule has 0 radical (unpaired) electrons. The summed E-state index contributed by atoms with van der Waals surface area (Å²) in [5.74, 6) is 0.586. The van der Waals surface area contributed by atoms with Gasteiger partial charge in [-0.15, -0.1) is 0 Å². The average Bonchev–Trinajstić information content (AvgIpc) is 2.74. The van der Waals surface area contributed by atoms with Crippen LogP contribution in [0, 0.1) is 11.3 Å². The number of esters is 1. The number of ether oxygens (including phenoxy) is 1. The molecule has 2 aliphatic rings. The Morgan fingerprint density at radius 2 is 2.16 bits per heavy atom. The van der Waals surface area contributed by atoms with Crippen LogP contribution in [0.5, 0.6) is 0 Å². The van der Waals surface area contributed by atoms with Crippen LogP contribution in [0.4, 0.5) is 0 Å². The molecular weight excluding hydrogens is 236 g/mol. The van der Waals surface area contributed by atoms with Crippen LogP contribution in [0.2, 0.25) is 0 Å². The molecule has 2 rings (SSSR count). The second-order valence-corrected chi connectivity index (χ2v) is 6.33. The van der Waals surface area contributed by atoms with Gasteiger partial charge in [0.1, 0.15) is 0 Å². The molecular formula is C17H28O2. The van der Waals surface area contributed by atoms with E-state index in [4.69, 9.17) is 4.74 Å². The normalized spacial score (nSPS) is 33.6. The van der Waals surface area contributed by atoms with Gasteiger partial charge in [-0.05, 0) is 38.0 Å². The molecule has 108 valence electrons. The van der Waals surface area contributed by atoms with Crippen molar-refractivity contribution in [3.8, 4) is 0 Å². The Kier molecular flexibility index (Phi) is 5.06. The number of carbonyl (C=O) groups excluding carboxylic acids is 1. The van der Waals surface area contributed by atoms with Crippen molar-refractivity contribution >= 4 is 5.97 Å². The third kappa shape index (κ3) is 3.04. The van der Waals surface area contributed by atoms with E-state index >= 15 is 0 Å². The van der Waals surface area contributed by atoms with E-state index in [1.165, 1.54) is 44.1 Å². The SMILES string of the molecule is CCC/C=C1/C[C@@H]2CCCCCC[C@@]2(C(=O)OC)C1. The molecule has 19 heavy (non-hydrogen) atoms. The van der Waals surface area contributed by atoms with Crippen molar-refractivity contribution in [1.29, 1.82) is 0 Å². The van der Waals surface area contributed by atoms with E-state index in [1.807, 2.05) is 0 Å². The lowest BCUT2D eigenvalue weighted by atomic mass is 9.70. The number of fused-ring (bicyclic) bond motifs is 1. The summed E-state index contributed by atoms with van der Waals surface area (Å²) in [6.45, 7) is 2.21. The standard InChI is InChI=1S/C17H28O2/c1-3-4-9-14-12-15-10-7-5-6-8-11-17(15,13-14)16(18)19-2/h9,15H,3-8,10-13H2,1-2H3/b14-9-/t15-,17+/m0/s1. The molecule has 2 fully saturated rings. The van der Waals surface area contributed by atoms with Gasteiger partial charge >= 0.3 is 5.97 Å². The summed E-state index contributed by atoms with van der Waals surface area (Å²) in [4.78, 5) is 12.4. The topological polar surface area (TPSA) is 26.3 Å². The number of hydrogen-bond acceptors (Lipinski definition) is 2. The Labute approximate surface area is 117 Å². The van der Waals surface area contributed by atoms with Crippen LogP contribution in [0.25, 0.3) is 0 Å². The second kappa shape index (κ2) is 6.58. The molecule has 0 aromatic carbocycles. The molecule has 0 aromatic rings. The summed E-state index contributed by atoms with van der Waals surface area (Å²) < 4.78 is 5.18. The van der Waals surface area contributed by atoms with Crippen molar-refractivity contribution in [3.05, 3.63) is 11.6 Å². The number of methoxy groups -OCH3 is 1. The predicted molar refractivity (Wildman–Crippen MR) is 77.9 cm³/mol. The first-order chi connectivity index (χ1) is 9.23. The number of hydrogen-bond donors (Lipinski definition) is 0. The lowest BCUT2D eigenvalue weighted by molar-refractivity contribution is -0.156. The van der Waals surface area contributed by atoms with Crippen LogP contribution in [0.3, 0.4) is 0 Å². The van der Waals surface area contributed by atoms with Gasteiger partial charge in [0.05, 0.1) is 12.5 Å². The predicted octanol–water partition coefficient (Wildman–Crippen LogP) is 4.64. The van der Waals surface area contributed by atoms with Gasteiger partial charge in [0, 0.05) is 0 Å². The number of allylic oxidation sites excluding steroid dienone is 2. The van der Waals surface area contributed by atoms with E-state index in [9.17, 15) is 4.79 Å². The van der Waals surface area contributed by atoms with Gasteiger partial charge in [-0.3, -0.25) is 4.79 Å². The van der Waals surface area contributed by atoms with Crippen LogP contribution < -0.4 is 0 Å². The van der Waals surface area contributed by atoms with E-state index < -0.39 is 0 Å². The molecule has 2 nitrogen and oxygen atoms in total. The maximum atomic E-state index is 12.4. The highest BCUT2D eigenvalue weighted by molar-refractivity contribution is 5.78. The molecule has 0 aliphatic heterocycles. The maximum Gasteiger partial charge on any atom is 0.312 e. The molecule has 2 heteroatoms. The Morgan fingerprint density at radius 1 is 1.37 bits per heavy atom. The Hall–Kier alpha value is -0.790. The van der Waals surface area contributed by atoms with Gasteiger partial charge in [0.2, 0.25) is 0 Å². The quantitative estimate of drug-likeness (QED) is 0.548. The Bertz CT molecular complexity index is 345. The van der Waals surface area contributed by atoms with Crippen LogP contribution >= 0.6 is 0 Å². The summed E-state index contributed by atoms with van der Waals surface area (Å²) >= 11 is 0. The first kappa shape index (κ1) is 14.6. The van der Waals surface area contributed by atoms with Crippen LogP contribution in [0.1, 0.15) is 71.1 Å². The molecule has 2 aliphatic carbocycles. The molecule has 2 saturated carbocycles. The first-order valence-electron chi connectivity index (χ1n) is 7.99. The van der Waals surface area contributed by atoms with Crippen molar-refractivity contribution in [2.24, 2.45) is 11.3 Å². The Morgan fingerprint density at radius 3 is 2.89 bits per heavy atom. The molecule has 0 aromatic heterocycles. The number of carbonyl (C=O) groups is 1. The molecule has 0 saturated heterocycles. The van der Waals surface area contributed by atoms with Crippen molar-refractivity contribution < 1.29 is 9.53 Å². The fraction of sp³-hybridized carbons (Fsp3) is 0.824. The first-order valence-corrected chi connectivity index (χ1v) is 7.99. The van der Waals surface area contributed by atoms with Crippen molar-refractivity contribution in [2.45, 2.75) is 71.1 Å². The average molecular weight is 264 g/mol. The third-order valence-corrected chi connectivity index (χ3v) is 5.07. The van der Waals surface area contributed by atoms with E-state index in [-0.39, 0.29) is 11.4 Å². The fourth-order valence-electron chi connectivity index (χ4n) is 4.04. The van der Waals surface area contributed by atoms with E-state index in [0.717, 1.165) is 25.7 Å². The van der Waals surface area contributed by atoms with Gasteiger partial charge in [-0.2, -0.15) is 0 Å². The van der Waals surface area contributed by atoms with E-state index in [2.05, 4.69) is 13.0 Å². The minimum absolute atomic E-state index is 0.0549. The van der Waals surface area contributed by atoms with Gasteiger partial charge in [0.25, 0.3) is 0 Å². The zero-order chi connectivity index (χ0) is 13.7.